The minimum absolute atomic E-state index is 0.529. The molecule has 0 fully saturated rings. The topological polar surface area (TPSA) is 21.3 Å². The summed E-state index contributed by atoms with van der Waals surface area (Å²) in [4.78, 5) is 0. The van der Waals surface area contributed by atoms with Gasteiger partial charge in [-0.3, -0.25) is 0 Å². The molecule has 0 aromatic heterocycles. The van der Waals surface area contributed by atoms with Gasteiger partial charge in [0.05, 0.1) is 6.61 Å². The van der Waals surface area contributed by atoms with Crippen LogP contribution >= 0.6 is 11.6 Å². The first kappa shape index (κ1) is 15.7. The lowest BCUT2D eigenvalue weighted by atomic mass is 9.98. The number of halogens is 1. The summed E-state index contributed by atoms with van der Waals surface area (Å²) < 4.78 is 5.81. The van der Waals surface area contributed by atoms with E-state index in [4.69, 9.17) is 16.3 Å². The van der Waals surface area contributed by atoms with Gasteiger partial charge in [-0.25, -0.2) is 0 Å². The summed E-state index contributed by atoms with van der Waals surface area (Å²) in [5.41, 5.74) is 2.55. The monoisotopic (exact) mass is 295 g/mol. The normalized spacial score (nSPS) is 14.9. The highest BCUT2D eigenvalue weighted by Gasteiger charge is 2.20. The van der Waals surface area contributed by atoms with Crippen molar-refractivity contribution in [3.63, 3.8) is 0 Å². The van der Waals surface area contributed by atoms with Crippen LogP contribution in [0.25, 0.3) is 0 Å². The molecule has 2 rings (SSSR count). The van der Waals surface area contributed by atoms with Gasteiger partial charge in [-0.2, -0.15) is 0 Å². The predicted octanol–water partition coefficient (Wildman–Crippen LogP) is 4.38. The molecule has 1 aromatic carbocycles. The van der Waals surface area contributed by atoms with Crippen LogP contribution < -0.4 is 10.1 Å². The molecule has 112 valence electrons. The second-order valence-electron chi connectivity index (χ2n) is 5.65. The molecule has 1 atom stereocenters. The van der Waals surface area contributed by atoms with Crippen LogP contribution in [0.1, 0.15) is 50.7 Å². The molecule has 0 radical (unpaired) electrons. The third-order valence-electron chi connectivity index (χ3n) is 3.88. The summed E-state index contributed by atoms with van der Waals surface area (Å²) in [5.74, 6) is 1.09. The van der Waals surface area contributed by atoms with Crippen molar-refractivity contribution < 1.29 is 4.74 Å². The van der Waals surface area contributed by atoms with Crippen LogP contribution in [-0.4, -0.2) is 19.2 Å². The van der Waals surface area contributed by atoms with E-state index in [1.54, 1.807) is 0 Å². The fourth-order valence-electron chi connectivity index (χ4n) is 2.84. The fourth-order valence-corrected chi connectivity index (χ4v) is 3.10. The lowest BCUT2D eigenvalue weighted by Crippen LogP contribution is -2.31. The van der Waals surface area contributed by atoms with Crippen molar-refractivity contribution in [3.05, 3.63) is 28.3 Å². The van der Waals surface area contributed by atoms with E-state index < -0.39 is 0 Å². The van der Waals surface area contributed by atoms with Crippen LogP contribution in [0, 0.1) is 0 Å². The fraction of sp³-hybridized carbons (Fsp3) is 0.647. The molecule has 1 unspecified atom stereocenters. The van der Waals surface area contributed by atoms with E-state index in [1.807, 2.05) is 6.07 Å². The van der Waals surface area contributed by atoms with Crippen molar-refractivity contribution in [3.8, 4) is 5.75 Å². The van der Waals surface area contributed by atoms with E-state index in [2.05, 4.69) is 25.2 Å². The zero-order valence-corrected chi connectivity index (χ0v) is 13.4. The number of hydrogen-bond acceptors (Lipinski definition) is 2. The van der Waals surface area contributed by atoms with Crippen molar-refractivity contribution in [2.45, 2.75) is 58.4 Å². The summed E-state index contributed by atoms with van der Waals surface area (Å²) in [7, 11) is 0. The minimum Gasteiger partial charge on any atom is -0.493 e. The standard InChI is InChI=1S/C17H26ClNO/c1-3-5-6-16(19-8-4-2)12-14-11-15(18)10-13-7-9-20-17(13)14/h10-11,16,19H,3-9,12H2,1-2H3. The van der Waals surface area contributed by atoms with Gasteiger partial charge >= 0.3 is 0 Å². The highest BCUT2D eigenvalue weighted by atomic mass is 35.5. The van der Waals surface area contributed by atoms with Gasteiger partial charge in [-0.15, -0.1) is 0 Å². The first-order valence-electron chi connectivity index (χ1n) is 7.92. The Bertz CT molecular complexity index is 425. The van der Waals surface area contributed by atoms with Gasteiger partial charge in [0, 0.05) is 17.5 Å². The summed E-state index contributed by atoms with van der Waals surface area (Å²) in [6, 6.07) is 4.66. The Hall–Kier alpha value is -0.730. The Balaban J connectivity index is 2.09. The maximum absolute atomic E-state index is 6.24. The second-order valence-corrected chi connectivity index (χ2v) is 6.09. The van der Waals surface area contributed by atoms with Crippen LogP contribution in [-0.2, 0) is 12.8 Å². The van der Waals surface area contributed by atoms with Crippen LogP contribution in [0.2, 0.25) is 5.02 Å². The van der Waals surface area contributed by atoms with E-state index in [-0.39, 0.29) is 0 Å². The first-order chi connectivity index (χ1) is 9.74. The molecule has 0 bridgehead atoms. The average molecular weight is 296 g/mol. The molecule has 0 saturated carbocycles. The summed E-state index contributed by atoms with van der Waals surface area (Å²) in [5, 5.41) is 4.51. The third kappa shape index (κ3) is 4.13. The summed E-state index contributed by atoms with van der Waals surface area (Å²) in [6.45, 7) is 6.34. The van der Waals surface area contributed by atoms with Gasteiger partial charge in [0.25, 0.3) is 0 Å². The van der Waals surface area contributed by atoms with E-state index in [0.717, 1.165) is 36.8 Å². The van der Waals surface area contributed by atoms with Gasteiger partial charge in [0.1, 0.15) is 5.75 Å². The third-order valence-corrected chi connectivity index (χ3v) is 4.10. The van der Waals surface area contributed by atoms with Crippen LogP contribution in [0.3, 0.4) is 0 Å². The van der Waals surface area contributed by atoms with E-state index in [0.29, 0.717) is 6.04 Å². The Morgan fingerprint density at radius 1 is 1.30 bits per heavy atom. The van der Waals surface area contributed by atoms with Gasteiger partial charge in [-0.05, 0) is 49.1 Å². The highest BCUT2D eigenvalue weighted by molar-refractivity contribution is 6.30. The van der Waals surface area contributed by atoms with Crippen molar-refractivity contribution in [2.24, 2.45) is 0 Å². The van der Waals surface area contributed by atoms with Gasteiger partial charge in [0.15, 0.2) is 0 Å². The molecule has 3 heteroatoms. The molecule has 0 spiro atoms. The summed E-state index contributed by atoms with van der Waals surface area (Å²) in [6.07, 6.45) is 6.91. The summed E-state index contributed by atoms with van der Waals surface area (Å²) >= 11 is 6.24. The molecule has 0 aliphatic carbocycles. The first-order valence-corrected chi connectivity index (χ1v) is 8.29. The lowest BCUT2D eigenvalue weighted by Gasteiger charge is -2.20. The van der Waals surface area contributed by atoms with Crippen molar-refractivity contribution in [2.75, 3.05) is 13.2 Å². The van der Waals surface area contributed by atoms with Crippen LogP contribution in [0.15, 0.2) is 12.1 Å². The molecule has 1 aromatic rings. The van der Waals surface area contributed by atoms with Gasteiger partial charge in [0.2, 0.25) is 0 Å². The van der Waals surface area contributed by atoms with Crippen molar-refractivity contribution >= 4 is 11.6 Å². The minimum atomic E-state index is 0.529. The molecule has 1 N–H and O–H groups in total. The molecular weight excluding hydrogens is 270 g/mol. The predicted molar refractivity (Wildman–Crippen MR) is 86.0 cm³/mol. The zero-order valence-electron chi connectivity index (χ0n) is 12.7. The molecule has 0 amide bonds. The largest absolute Gasteiger partial charge is 0.493 e. The Morgan fingerprint density at radius 2 is 2.15 bits per heavy atom. The van der Waals surface area contributed by atoms with Gasteiger partial charge in [-0.1, -0.05) is 38.3 Å². The molecule has 1 aliphatic heterocycles. The number of fused-ring (bicyclic) bond motifs is 1. The molecule has 2 nitrogen and oxygen atoms in total. The average Bonchev–Trinajstić information content (AvgIpc) is 2.89. The smallest absolute Gasteiger partial charge is 0.125 e. The molecule has 0 saturated heterocycles. The van der Waals surface area contributed by atoms with Crippen LogP contribution in [0.5, 0.6) is 5.75 Å². The Labute approximate surface area is 127 Å². The lowest BCUT2D eigenvalue weighted by molar-refractivity contribution is 0.350. The molecular formula is C17H26ClNO. The van der Waals surface area contributed by atoms with E-state index in [9.17, 15) is 0 Å². The highest BCUT2D eigenvalue weighted by Crippen LogP contribution is 2.33. The maximum atomic E-state index is 6.24. The number of nitrogens with one attached hydrogen (secondary N) is 1. The number of ether oxygens (including phenoxy) is 1. The maximum Gasteiger partial charge on any atom is 0.125 e. The van der Waals surface area contributed by atoms with Gasteiger partial charge < -0.3 is 10.1 Å². The zero-order chi connectivity index (χ0) is 14.4. The number of unbranched alkanes of at least 4 members (excludes halogenated alkanes) is 1. The van der Waals surface area contributed by atoms with Crippen LogP contribution in [0.4, 0.5) is 0 Å². The second kappa shape index (κ2) is 7.90. The molecule has 1 heterocycles. The quantitative estimate of drug-likeness (QED) is 0.768. The SMILES string of the molecule is CCCCC(Cc1cc(Cl)cc2c1OCC2)NCCC. The van der Waals surface area contributed by atoms with E-state index >= 15 is 0 Å². The van der Waals surface area contributed by atoms with Crippen molar-refractivity contribution in [1.29, 1.82) is 0 Å². The number of benzene rings is 1. The molecule has 20 heavy (non-hydrogen) atoms. The Kier molecular flexibility index (Phi) is 6.18. The number of rotatable bonds is 8. The number of hydrogen-bond donors (Lipinski definition) is 1. The Morgan fingerprint density at radius 3 is 2.90 bits per heavy atom. The molecule has 1 aliphatic rings. The van der Waals surface area contributed by atoms with E-state index in [1.165, 1.54) is 36.8 Å². The van der Waals surface area contributed by atoms with Crippen molar-refractivity contribution in [1.82, 2.24) is 5.32 Å².